The highest BCUT2D eigenvalue weighted by Crippen LogP contribution is 1.67. The molecule has 0 radical (unpaired) electrons. The van der Waals surface area contributed by atoms with E-state index in [1.165, 1.54) is 0 Å². The average molecular weight is 121 g/mol. The Kier molecular flexibility index (Phi) is 12.5. The molecule has 0 saturated carbocycles. The minimum absolute atomic E-state index is 0.0694. The number of hydrogen-bond acceptors (Lipinski definition) is 3. The summed E-state index contributed by atoms with van der Waals surface area (Å²) in [7, 11) is 1.00. The Morgan fingerprint density at radius 3 is 2.00 bits per heavy atom. The maximum Gasteiger partial charge on any atom is 0.304 e. The molecule has 0 heterocycles. The lowest BCUT2D eigenvalue weighted by molar-refractivity contribution is -0.136. The summed E-state index contributed by atoms with van der Waals surface area (Å²) < 4.78 is 0. The summed E-state index contributed by atoms with van der Waals surface area (Å²) in [5, 5.41) is 14.8. The van der Waals surface area contributed by atoms with Gasteiger partial charge in [0, 0.05) is 13.7 Å². The van der Waals surface area contributed by atoms with Crippen molar-refractivity contribution in [3.05, 3.63) is 0 Å². The van der Waals surface area contributed by atoms with Crippen LogP contribution in [0.5, 0.6) is 0 Å². The Hall–Kier alpha value is -0.610. The van der Waals surface area contributed by atoms with Gasteiger partial charge >= 0.3 is 5.97 Å². The van der Waals surface area contributed by atoms with Gasteiger partial charge in [-0.15, -0.1) is 0 Å². The number of carbonyl (C=O) groups is 1. The minimum atomic E-state index is -0.836. The highest BCUT2D eigenvalue weighted by atomic mass is 16.4. The predicted molar refractivity (Wildman–Crippen MR) is 29.4 cm³/mol. The quantitative estimate of drug-likeness (QED) is 0.439. The highest BCUT2D eigenvalue weighted by molar-refractivity contribution is 5.66. The fourth-order valence-electron chi connectivity index (χ4n) is 0.123. The Morgan fingerprint density at radius 2 is 2.00 bits per heavy atom. The summed E-state index contributed by atoms with van der Waals surface area (Å²) in [6.45, 7) is 0.231. The van der Waals surface area contributed by atoms with Crippen molar-refractivity contribution < 1.29 is 15.0 Å². The van der Waals surface area contributed by atoms with E-state index in [1.807, 2.05) is 0 Å². The Labute approximate surface area is 47.9 Å². The van der Waals surface area contributed by atoms with E-state index in [4.69, 9.17) is 15.9 Å². The van der Waals surface area contributed by atoms with Crippen LogP contribution in [0.2, 0.25) is 0 Å². The number of carboxylic acid groups (broad SMARTS) is 1. The van der Waals surface area contributed by atoms with Crippen molar-refractivity contribution >= 4 is 5.97 Å². The van der Waals surface area contributed by atoms with Crippen LogP contribution in [0.1, 0.15) is 6.42 Å². The van der Waals surface area contributed by atoms with Gasteiger partial charge in [-0.05, 0) is 0 Å². The van der Waals surface area contributed by atoms with Gasteiger partial charge in [0.05, 0.1) is 6.42 Å². The number of nitrogens with two attached hydrogens (primary N) is 1. The lowest BCUT2D eigenvalue weighted by atomic mass is 10.5. The van der Waals surface area contributed by atoms with E-state index in [0.29, 0.717) is 0 Å². The van der Waals surface area contributed by atoms with Crippen LogP contribution in [0.4, 0.5) is 0 Å². The fourth-order valence-corrected chi connectivity index (χ4v) is 0.123. The standard InChI is InChI=1S/C3H7NO2.CH4O/c4-2-1-3(5)6;1-2/h1-2,4H2,(H,5,6);2H,1H3. The molecule has 4 nitrogen and oxygen atoms in total. The summed E-state index contributed by atoms with van der Waals surface area (Å²) in [6, 6.07) is 0. The van der Waals surface area contributed by atoms with E-state index >= 15 is 0 Å². The molecule has 0 saturated heterocycles. The molecule has 0 aliphatic carbocycles. The molecule has 0 bridgehead atoms. The third-order valence-electron chi connectivity index (χ3n) is 0.358. The van der Waals surface area contributed by atoms with Crippen molar-refractivity contribution in [2.75, 3.05) is 13.7 Å². The highest BCUT2D eigenvalue weighted by Gasteiger charge is 1.87. The number of rotatable bonds is 2. The number of carboxylic acids is 1. The summed E-state index contributed by atoms with van der Waals surface area (Å²) >= 11 is 0. The second kappa shape index (κ2) is 9.63. The zero-order valence-electron chi connectivity index (χ0n) is 4.79. The average Bonchev–Trinajstić information content (AvgIpc) is 1.72. The van der Waals surface area contributed by atoms with Crippen LogP contribution < -0.4 is 5.73 Å². The molecule has 0 amide bonds. The van der Waals surface area contributed by atoms with Gasteiger partial charge in [-0.1, -0.05) is 0 Å². The van der Waals surface area contributed by atoms with Crippen LogP contribution >= 0.6 is 0 Å². The van der Waals surface area contributed by atoms with Crippen molar-refractivity contribution in [3.8, 4) is 0 Å². The molecular weight excluding hydrogens is 110 g/mol. The Bertz CT molecular complexity index is 55.2. The molecular formula is C4H11NO3. The lowest BCUT2D eigenvalue weighted by Crippen LogP contribution is -2.05. The molecule has 0 rings (SSSR count). The van der Waals surface area contributed by atoms with Crippen LogP contribution in [0, 0.1) is 0 Å². The molecule has 0 aromatic rings. The third kappa shape index (κ3) is 18.2. The van der Waals surface area contributed by atoms with Gasteiger partial charge in [-0.25, -0.2) is 0 Å². The van der Waals surface area contributed by atoms with Gasteiger partial charge in [0.15, 0.2) is 0 Å². The Morgan fingerprint density at radius 1 is 1.62 bits per heavy atom. The van der Waals surface area contributed by atoms with Crippen molar-refractivity contribution in [1.29, 1.82) is 0 Å². The van der Waals surface area contributed by atoms with Crippen molar-refractivity contribution in [3.63, 3.8) is 0 Å². The first-order valence-electron chi connectivity index (χ1n) is 2.14. The molecule has 50 valence electrons. The van der Waals surface area contributed by atoms with E-state index in [1.54, 1.807) is 0 Å². The molecule has 0 fully saturated rings. The maximum absolute atomic E-state index is 9.52. The fraction of sp³-hybridized carbons (Fsp3) is 0.750. The predicted octanol–water partition coefficient (Wildman–Crippen LogP) is -0.972. The number of aliphatic hydroxyl groups excluding tert-OH is 1. The summed E-state index contributed by atoms with van der Waals surface area (Å²) in [6.07, 6.45) is 0.0694. The van der Waals surface area contributed by atoms with Crippen molar-refractivity contribution in [2.24, 2.45) is 5.73 Å². The van der Waals surface area contributed by atoms with Crippen LogP contribution in [-0.2, 0) is 4.79 Å². The maximum atomic E-state index is 9.52. The zero-order chi connectivity index (χ0) is 6.99. The van der Waals surface area contributed by atoms with Crippen molar-refractivity contribution in [1.82, 2.24) is 0 Å². The summed E-state index contributed by atoms with van der Waals surface area (Å²) in [5.41, 5.74) is 4.85. The molecule has 0 spiro atoms. The van der Waals surface area contributed by atoms with Crippen LogP contribution in [-0.4, -0.2) is 29.8 Å². The van der Waals surface area contributed by atoms with Gasteiger partial charge < -0.3 is 15.9 Å². The van der Waals surface area contributed by atoms with Crippen LogP contribution in [0.3, 0.4) is 0 Å². The SMILES string of the molecule is CO.NCCC(=O)O. The number of aliphatic hydroxyl groups is 1. The van der Waals surface area contributed by atoms with E-state index < -0.39 is 5.97 Å². The molecule has 0 aromatic heterocycles. The first kappa shape index (κ1) is 10.4. The molecule has 8 heavy (non-hydrogen) atoms. The number of hydrogen-bond donors (Lipinski definition) is 3. The second-order valence-corrected chi connectivity index (χ2v) is 0.932. The van der Waals surface area contributed by atoms with Crippen LogP contribution in [0.25, 0.3) is 0 Å². The first-order valence-corrected chi connectivity index (χ1v) is 2.14. The molecule has 4 heteroatoms. The topological polar surface area (TPSA) is 83.5 Å². The van der Waals surface area contributed by atoms with E-state index in [0.717, 1.165) is 7.11 Å². The van der Waals surface area contributed by atoms with Crippen LogP contribution in [0.15, 0.2) is 0 Å². The lowest BCUT2D eigenvalue weighted by Gasteiger charge is -1.80. The Balaban J connectivity index is 0. The van der Waals surface area contributed by atoms with Gasteiger partial charge in [0.25, 0.3) is 0 Å². The summed E-state index contributed by atoms with van der Waals surface area (Å²) in [5.74, 6) is -0.836. The smallest absolute Gasteiger partial charge is 0.304 e. The molecule has 0 unspecified atom stereocenters. The molecule has 0 aliphatic rings. The van der Waals surface area contributed by atoms with E-state index in [-0.39, 0.29) is 13.0 Å². The molecule has 0 aromatic carbocycles. The molecule has 0 aliphatic heterocycles. The van der Waals surface area contributed by atoms with Gasteiger partial charge in [-0.2, -0.15) is 0 Å². The molecule has 4 N–H and O–H groups in total. The van der Waals surface area contributed by atoms with Gasteiger partial charge in [0.2, 0.25) is 0 Å². The largest absolute Gasteiger partial charge is 0.481 e. The van der Waals surface area contributed by atoms with Gasteiger partial charge in [0.1, 0.15) is 0 Å². The van der Waals surface area contributed by atoms with Crippen molar-refractivity contribution in [2.45, 2.75) is 6.42 Å². The number of aliphatic carboxylic acids is 1. The first-order chi connectivity index (χ1) is 3.77. The van der Waals surface area contributed by atoms with E-state index in [9.17, 15) is 4.79 Å². The van der Waals surface area contributed by atoms with Gasteiger partial charge in [-0.3, -0.25) is 4.79 Å². The third-order valence-corrected chi connectivity index (χ3v) is 0.358. The summed E-state index contributed by atoms with van der Waals surface area (Å²) in [4.78, 5) is 9.52. The minimum Gasteiger partial charge on any atom is -0.481 e. The molecule has 0 atom stereocenters. The zero-order valence-corrected chi connectivity index (χ0v) is 4.79. The second-order valence-electron chi connectivity index (χ2n) is 0.932. The normalized spacial score (nSPS) is 6.88. The van der Waals surface area contributed by atoms with E-state index in [2.05, 4.69) is 0 Å². The monoisotopic (exact) mass is 121 g/mol.